The molecule has 0 radical (unpaired) electrons. The van der Waals surface area contributed by atoms with Gasteiger partial charge in [0, 0.05) is 25.3 Å². The second kappa shape index (κ2) is 9.42. The van der Waals surface area contributed by atoms with Gasteiger partial charge in [-0.1, -0.05) is 42.5 Å². The highest BCUT2D eigenvalue weighted by Gasteiger charge is 2.54. The Balaban J connectivity index is 1.31. The maximum atomic E-state index is 13.3. The van der Waals surface area contributed by atoms with Gasteiger partial charge >= 0.3 is 6.03 Å². The van der Waals surface area contributed by atoms with Gasteiger partial charge in [0.05, 0.1) is 0 Å². The van der Waals surface area contributed by atoms with Gasteiger partial charge in [-0.3, -0.25) is 14.5 Å². The monoisotopic (exact) mass is 434 g/mol. The van der Waals surface area contributed by atoms with Gasteiger partial charge in [-0.15, -0.1) is 0 Å². The van der Waals surface area contributed by atoms with Crippen molar-refractivity contribution in [2.45, 2.75) is 38.1 Å². The van der Waals surface area contributed by atoms with Crippen LogP contribution in [0.2, 0.25) is 0 Å². The van der Waals surface area contributed by atoms with E-state index in [1.165, 1.54) is 0 Å². The highest BCUT2D eigenvalue weighted by Crippen LogP contribution is 2.39. The second-order valence-electron chi connectivity index (χ2n) is 8.36. The van der Waals surface area contributed by atoms with Crippen molar-refractivity contribution in [3.63, 3.8) is 0 Å². The zero-order chi connectivity index (χ0) is 22.6. The Morgan fingerprint density at radius 3 is 2.66 bits per heavy atom. The lowest BCUT2D eigenvalue weighted by atomic mass is 9.76. The van der Waals surface area contributed by atoms with Crippen LogP contribution in [0.4, 0.5) is 10.5 Å². The fraction of sp³-hybridized carbons (Fsp3) is 0.400. The molecule has 1 fully saturated rings. The van der Waals surface area contributed by atoms with Crippen molar-refractivity contribution in [2.24, 2.45) is 0 Å². The number of carbonyl (C=O) groups is 3. The van der Waals surface area contributed by atoms with Crippen LogP contribution in [0, 0.1) is 0 Å². The number of amides is 4. The molecule has 1 aliphatic heterocycles. The van der Waals surface area contributed by atoms with Gasteiger partial charge in [-0.2, -0.15) is 0 Å². The van der Waals surface area contributed by atoms with E-state index < -0.39 is 11.6 Å². The van der Waals surface area contributed by atoms with Crippen molar-refractivity contribution in [1.82, 2.24) is 15.5 Å². The number of fused-ring (bicyclic) bond motifs is 2. The maximum Gasteiger partial charge on any atom is 0.325 e. The molecule has 4 amide bonds. The van der Waals surface area contributed by atoms with Crippen molar-refractivity contribution < 1.29 is 14.4 Å². The Labute approximate surface area is 188 Å². The first kappa shape index (κ1) is 21.9. The summed E-state index contributed by atoms with van der Waals surface area (Å²) in [6.07, 6.45) is 3.03. The molecule has 4 rings (SSSR count). The molecule has 2 N–H and O–H groups in total. The molecule has 7 nitrogen and oxygen atoms in total. The summed E-state index contributed by atoms with van der Waals surface area (Å²) in [6, 6.07) is 17.4. The van der Waals surface area contributed by atoms with Gasteiger partial charge in [0.2, 0.25) is 5.91 Å². The highest BCUT2D eigenvalue weighted by atomic mass is 16.2. The quantitative estimate of drug-likeness (QED) is 0.495. The van der Waals surface area contributed by atoms with Crippen LogP contribution in [0.3, 0.4) is 0 Å². The molecular weight excluding hydrogens is 404 g/mol. The Morgan fingerprint density at radius 2 is 1.88 bits per heavy atom. The average Bonchev–Trinajstić information content (AvgIpc) is 3.04. The van der Waals surface area contributed by atoms with Crippen LogP contribution in [0.5, 0.6) is 0 Å². The zero-order valence-corrected chi connectivity index (χ0v) is 18.5. The largest absolute Gasteiger partial charge is 0.372 e. The Hall–Kier alpha value is -3.35. The van der Waals surface area contributed by atoms with Crippen LogP contribution in [0.1, 0.15) is 37.3 Å². The Morgan fingerprint density at radius 1 is 1.12 bits per heavy atom. The van der Waals surface area contributed by atoms with Crippen LogP contribution in [0.15, 0.2) is 54.6 Å². The van der Waals surface area contributed by atoms with Crippen molar-refractivity contribution in [1.29, 1.82) is 0 Å². The van der Waals surface area contributed by atoms with E-state index in [0.717, 1.165) is 54.1 Å². The SMILES string of the molecule is CCN(CCCNC(=O)CN1C(=O)NC2(CCCc3ccccc32)C1=O)c1ccccc1. The number of nitrogens with zero attached hydrogens (tertiary/aromatic N) is 2. The van der Waals surface area contributed by atoms with Crippen molar-refractivity contribution in [3.05, 3.63) is 65.7 Å². The van der Waals surface area contributed by atoms with E-state index >= 15 is 0 Å². The number of hydrogen-bond acceptors (Lipinski definition) is 4. The first-order chi connectivity index (χ1) is 15.5. The van der Waals surface area contributed by atoms with Gasteiger partial charge in [-0.25, -0.2) is 4.79 Å². The molecule has 2 aromatic carbocycles. The molecule has 32 heavy (non-hydrogen) atoms. The molecule has 0 saturated carbocycles. The third-order valence-electron chi connectivity index (χ3n) is 6.38. The van der Waals surface area contributed by atoms with Crippen molar-refractivity contribution >= 4 is 23.5 Å². The molecule has 0 aromatic heterocycles. The summed E-state index contributed by atoms with van der Waals surface area (Å²) in [5, 5.41) is 5.74. The number of nitrogens with one attached hydrogen (secondary N) is 2. The standard InChI is InChI=1S/C25H30N4O3/c1-2-28(20-12-4-3-5-13-20)17-9-16-26-22(30)18-29-23(31)25(27-24(29)32)15-8-11-19-10-6-7-14-21(19)25/h3-7,10,12-14H,2,8-9,11,15-18H2,1H3,(H,26,30)(H,27,32). The third kappa shape index (κ3) is 4.20. The molecule has 1 spiro atoms. The molecule has 1 unspecified atom stereocenters. The summed E-state index contributed by atoms with van der Waals surface area (Å²) >= 11 is 0. The lowest BCUT2D eigenvalue weighted by molar-refractivity contribution is -0.135. The molecule has 1 atom stereocenters. The van der Waals surface area contributed by atoms with Crippen molar-refractivity contribution in [2.75, 3.05) is 31.1 Å². The molecular formula is C25H30N4O3. The van der Waals surface area contributed by atoms with Crippen LogP contribution in [-0.4, -0.2) is 48.9 Å². The van der Waals surface area contributed by atoms with Gasteiger partial charge < -0.3 is 15.5 Å². The fourth-order valence-electron chi connectivity index (χ4n) is 4.76. The normalized spacial score (nSPS) is 19.6. The molecule has 1 saturated heterocycles. The first-order valence-electron chi connectivity index (χ1n) is 11.3. The maximum absolute atomic E-state index is 13.3. The topological polar surface area (TPSA) is 81.8 Å². The lowest BCUT2D eigenvalue weighted by Gasteiger charge is -2.33. The average molecular weight is 435 g/mol. The lowest BCUT2D eigenvalue weighted by Crippen LogP contribution is -2.47. The molecule has 1 aliphatic carbocycles. The number of hydrogen-bond donors (Lipinski definition) is 2. The van der Waals surface area contributed by atoms with E-state index in [4.69, 9.17) is 0 Å². The van der Waals surface area contributed by atoms with E-state index in [9.17, 15) is 14.4 Å². The molecule has 2 aromatic rings. The van der Waals surface area contributed by atoms with Crippen molar-refractivity contribution in [3.8, 4) is 0 Å². The molecule has 7 heteroatoms. The summed E-state index contributed by atoms with van der Waals surface area (Å²) in [5.41, 5.74) is 2.05. The summed E-state index contributed by atoms with van der Waals surface area (Å²) in [5.74, 6) is -0.650. The number of aryl methyl sites for hydroxylation is 1. The number of anilines is 1. The van der Waals surface area contributed by atoms with E-state index in [1.807, 2.05) is 42.5 Å². The molecule has 168 valence electrons. The zero-order valence-electron chi connectivity index (χ0n) is 18.5. The molecule has 2 aliphatic rings. The number of urea groups is 1. The number of carbonyl (C=O) groups excluding carboxylic acids is 3. The molecule has 0 bridgehead atoms. The Kier molecular flexibility index (Phi) is 6.44. The number of para-hydroxylation sites is 1. The minimum absolute atomic E-state index is 0.259. The van der Waals surface area contributed by atoms with Gasteiger partial charge in [0.15, 0.2) is 0 Å². The summed E-state index contributed by atoms with van der Waals surface area (Å²) in [6.45, 7) is 4.01. The Bertz CT molecular complexity index is 994. The number of rotatable bonds is 8. The van der Waals surface area contributed by atoms with E-state index in [2.05, 4.69) is 34.6 Å². The molecule has 1 heterocycles. The predicted molar refractivity (Wildman–Crippen MR) is 123 cm³/mol. The van der Waals surface area contributed by atoms with Crippen LogP contribution in [-0.2, 0) is 21.5 Å². The third-order valence-corrected chi connectivity index (χ3v) is 6.38. The summed E-state index contributed by atoms with van der Waals surface area (Å²) < 4.78 is 0. The predicted octanol–water partition coefficient (Wildman–Crippen LogP) is 2.80. The smallest absolute Gasteiger partial charge is 0.325 e. The van der Waals surface area contributed by atoms with Gasteiger partial charge in [-0.05, 0) is 55.9 Å². The minimum atomic E-state index is -1.04. The minimum Gasteiger partial charge on any atom is -0.372 e. The first-order valence-corrected chi connectivity index (χ1v) is 11.3. The van der Waals surface area contributed by atoms with Gasteiger partial charge in [0.1, 0.15) is 12.1 Å². The van der Waals surface area contributed by atoms with Crippen LogP contribution < -0.4 is 15.5 Å². The van der Waals surface area contributed by atoms with E-state index in [-0.39, 0.29) is 18.4 Å². The second-order valence-corrected chi connectivity index (χ2v) is 8.36. The number of benzene rings is 2. The summed E-state index contributed by atoms with van der Waals surface area (Å²) in [4.78, 5) is 41.7. The van der Waals surface area contributed by atoms with Gasteiger partial charge in [0.25, 0.3) is 5.91 Å². The van der Waals surface area contributed by atoms with E-state index in [0.29, 0.717) is 13.0 Å². The van der Waals surface area contributed by atoms with E-state index in [1.54, 1.807) is 0 Å². The van der Waals surface area contributed by atoms with Crippen LogP contribution >= 0.6 is 0 Å². The fourth-order valence-corrected chi connectivity index (χ4v) is 4.76. The summed E-state index contributed by atoms with van der Waals surface area (Å²) in [7, 11) is 0. The van der Waals surface area contributed by atoms with Crippen LogP contribution in [0.25, 0.3) is 0 Å². The highest BCUT2D eigenvalue weighted by molar-refractivity contribution is 6.09. The number of imide groups is 1.